The van der Waals surface area contributed by atoms with Gasteiger partial charge in [-0.3, -0.25) is 14.6 Å². The van der Waals surface area contributed by atoms with Crippen molar-refractivity contribution in [2.24, 2.45) is 5.92 Å². The van der Waals surface area contributed by atoms with Gasteiger partial charge in [0.1, 0.15) is 0 Å². The summed E-state index contributed by atoms with van der Waals surface area (Å²) in [5.74, 6) is 0.699. The van der Waals surface area contributed by atoms with Gasteiger partial charge in [-0.25, -0.2) is 0 Å². The van der Waals surface area contributed by atoms with Crippen molar-refractivity contribution in [3.05, 3.63) is 48.6 Å². The summed E-state index contributed by atoms with van der Waals surface area (Å²) in [5.41, 5.74) is 1.29. The summed E-state index contributed by atoms with van der Waals surface area (Å²) in [6.07, 6.45) is 2.86. The Hall–Kier alpha value is -1.69. The van der Waals surface area contributed by atoms with Crippen molar-refractivity contribution in [1.29, 1.82) is 0 Å². The number of rotatable bonds is 11. The Morgan fingerprint density at radius 1 is 1.41 bits per heavy atom. The summed E-state index contributed by atoms with van der Waals surface area (Å²) >= 11 is 0. The molecule has 150 valence electrons. The van der Waals surface area contributed by atoms with Crippen molar-refractivity contribution < 1.29 is 9.53 Å². The normalized spacial score (nSPS) is 18.0. The van der Waals surface area contributed by atoms with E-state index in [0.717, 1.165) is 39.2 Å². The first-order chi connectivity index (χ1) is 13.1. The molecule has 1 saturated heterocycles. The first kappa shape index (κ1) is 21.6. The second-order valence-corrected chi connectivity index (χ2v) is 7.71. The molecule has 2 rings (SSSR count). The quantitative estimate of drug-likeness (QED) is 0.604. The molecule has 1 aromatic rings. The zero-order chi connectivity index (χ0) is 19.5. The molecule has 1 N–H and O–H groups in total. The van der Waals surface area contributed by atoms with Crippen molar-refractivity contribution in [3.63, 3.8) is 0 Å². The maximum absolute atomic E-state index is 12.4. The number of hydrogen-bond acceptors (Lipinski definition) is 4. The first-order valence-corrected chi connectivity index (χ1v) is 10.0. The monoisotopic (exact) mass is 373 g/mol. The average Bonchev–Trinajstić information content (AvgIpc) is 2.65. The molecule has 1 amide bonds. The molecule has 0 bridgehead atoms. The zero-order valence-electron chi connectivity index (χ0n) is 16.9. The molecule has 1 aliphatic heterocycles. The number of carbonyl (C=O) groups excluding carboxylic acids is 1. The fourth-order valence-corrected chi connectivity index (χ4v) is 3.42. The average molecular weight is 374 g/mol. The van der Waals surface area contributed by atoms with Crippen LogP contribution in [-0.2, 0) is 16.0 Å². The highest BCUT2D eigenvalue weighted by atomic mass is 16.5. The van der Waals surface area contributed by atoms with Gasteiger partial charge >= 0.3 is 0 Å². The molecule has 1 aliphatic rings. The van der Waals surface area contributed by atoms with E-state index in [-0.39, 0.29) is 12.0 Å². The second-order valence-electron chi connectivity index (χ2n) is 7.71. The minimum Gasteiger partial charge on any atom is -0.374 e. The smallest absolute Gasteiger partial charge is 0.234 e. The summed E-state index contributed by atoms with van der Waals surface area (Å²) in [4.78, 5) is 16.9. The largest absolute Gasteiger partial charge is 0.374 e. The van der Waals surface area contributed by atoms with E-state index >= 15 is 0 Å². The van der Waals surface area contributed by atoms with Crippen LogP contribution in [0.3, 0.4) is 0 Å². The van der Waals surface area contributed by atoms with Gasteiger partial charge in [0.05, 0.1) is 19.3 Å². The number of hydrogen-bond donors (Lipinski definition) is 1. The van der Waals surface area contributed by atoms with Gasteiger partial charge in [-0.15, -0.1) is 6.58 Å². The predicted octanol–water partition coefficient (Wildman–Crippen LogP) is 2.19. The third-order valence-corrected chi connectivity index (χ3v) is 4.69. The molecule has 5 nitrogen and oxygen atoms in total. The van der Waals surface area contributed by atoms with Crippen LogP contribution in [0, 0.1) is 5.92 Å². The van der Waals surface area contributed by atoms with E-state index in [1.54, 1.807) is 0 Å². The van der Waals surface area contributed by atoms with E-state index in [4.69, 9.17) is 4.74 Å². The van der Waals surface area contributed by atoms with Crippen LogP contribution in [-0.4, -0.2) is 74.2 Å². The lowest BCUT2D eigenvalue weighted by Gasteiger charge is -2.34. The molecule has 0 aliphatic carbocycles. The molecule has 1 unspecified atom stereocenters. The first-order valence-electron chi connectivity index (χ1n) is 10.0. The topological polar surface area (TPSA) is 44.8 Å². The number of morpholine rings is 1. The van der Waals surface area contributed by atoms with E-state index in [1.807, 2.05) is 24.3 Å². The number of carbonyl (C=O) groups is 1. The number of amides is 1. The molecule has 27 heavy (non-hydrogen) atoms. The summed E-state index contributed by atoms with van der Waals surface area (Å²) in [7, 11) is 0. The maximum Gasteiger partial charge on any atom is 0.234 e. The van der Waals surface area contributed by atoms with Gasteiger partial charge in [0, 0.05) is 39.3 Å². The molecule has 0 radical (unpaired) electrons. The van der Waals surface area contributed by atoms with Crippen molar-refractivity contribution in [3.8, 4) is 0 Å². The van der Waals surface area contributed by atoms with Crippen LogP contribution in [0.4, 0.5) is 0 Å². The van der Waals surface area contributed by atoms with Crippen LogP contribution in [0.2, 0.25) is 0 Å². The lowest BCUT2D eigenvalue weighted by Crippen LogP contribution is -2.49. The molecular weight excluding hydrogens is 338 g/mol. The standard InChI is InChI=1S/C22H35N3O2/c1-4-11-24(12-10-20-8-6-5-7-9-20)18-22(26)23-15-21-17-25(13-14-27-21)16-19(2)3/h4-9,19,21H,1,10-18H2,2-3H3,(H,23,26). The van der Waals surface area contributed by atoms with Gasteiger partial charge in [0.25, 0.3) is 0 Å². The molecule has 0 spiro atoms. The molecular formula is C22H35N3O2. The Morgan fingerprint density at radius 2 is 2.19 bits per heavy atom. The minimum atomic E-state index is 0.0505. The van der Waals surface area contributed by atoms with Crippen LogP contribution < -0.4 is 5.32 Å². The van der Waals surface area contributed by atoms with Crippen LogP contribution in [0.1, 0.15) is 19.4 Å². The number of ether oxygens (including phenoxy) is 1. The molecule has 5 heteroatoms. The summed E-state index contributed by atoms with van der Waals surface area (Å²) < 4.78 is 5.81. The highest BCUT2D eigenvalue weighted by Gasteiger charge is 2.21. The zero-order valence-corrected chi connectivity index (χ0v) is 16.9. The summed E-state index contributed by atoms with van der Waals surface area (Å²) in [6, 6.07) is 10.4. The molecule has 1 aromatic carbocycles. The lowest BCUT2D eigenvalue weighted by atomic mass is 10.1. The van der Waals surface area contributed by atoms with Gasteiger partial charge in [0.15, 0.2) is 0 Å². The van der Waals surface area contributed by atoms with Gasteiger partial charge in [-0.2, -0.15) is 0 Å². The Kier molecular flexibility index (Phi) is 9.53. The second kappa shape index (κ2) is 11.9. The van der Waals surface area contributed by atoms with Crippen molar-refractivity contribution in [1.82, 2.24) is 15.1 Å². The van der Waals surface area contributed by atoms with Gasteiger partial charge < -0.3 is 10.1 Å². The van der Waals surface area contributed by atoms with E-state index in [9.17, 15) is 4.79 Å². The fraction of sp³-hybridized carbons (Fsp3) is 0.591. The molecule has 0 aromatic heterocycles. The van der Waals surface area contributed by atoms with E-state index in [1.165, 1.54) is 5.56 Å². The highest BCUT2D eigenvalue weighted by Crippen LogP contribution is 2.07. The minimum absolute atomic E-state index is 0.0505. The Balaban J connectivity index is 1.72. The Labute approximate surface area is 164 Å². The fourth-order valence-electron chi connectivity index (χ4n) is 3.42. The van der Waals surface area contributed by atoms with Crippen molar-refractivity contribution >= 4 is 5.91 Å². The van der Waals surface area contributed by atoms with Gasteiger partial charge in [-0.05, 0) is 17.9 Å². The van der Waals surface area contributed by atoms with Crippen LogP contribution in [0.15, 0.2) is 43.0 Å². The predicted molar refractivity (Wildman–Crippen MR) is 111 cm³/mol. The van der Waals surface area contributed by atoms with E-state index in [2.05, 4.69) is 47.7 Å². The Morgan fingerprint density at radius 3 is 2.89 bits per heavy atom. The van der Waals surface area contributed by atoms with Crippen LogP contribution in [0.5, 0.6) is 0 Å². The molecule has 1 atom stereocenters. The van der Waals surface area contributed by atoms with Crippen LogP contribution >= 0.6 is 0 Å². The van der Waals surface area contributed by atoms with E-state index < -0.39 is 0 Å². The number of nitrogens with zero attached hydrogens (tertiary/aromatic N) is 2. The summed E-state index contributed by atoms with van der Waals surface area (Å²) in [6.45, 7) is 14.5. The lowest BCUT2D eigenvalue weighted by molar-refractivity contribution is -0.123. The molecule has 1 heterocycles. The molecule has 0 saturated carbocycles. The van der Waals surface area contributed by atoms with Crippen LogP contribution in [0.25, 0.3) is 0 Å². The van der Waals surface area contributed by atoms with Crippen molar-refractivity contribution in [2.45, 2.75) is 26.4 Å². The number of nitrogens with one attached hydrogen (secondary N) is 1. The highest BCUT2D eigenvalue weighted by molar-refractivity contribution is 5.78. The van der Waals surface area contributed by atoms with E-state index in [0.29, 0.717) is 25.6 Å². The van der Waals surface area contributed by atoms with Gasteiger partial charge in [-0.1, -0.05) is 50.3 Å². The summed E-state index contributed by atoms with van der Waals surface area (Å²) in [5, 5.41) is 3.05. The third kappa shape index (κ3) is 8.69. The SMILES string of the molecule is C=CCN(CCc1ccccc1)CC(=O)NCC1CN(CC(C)C)CCO1. The molecule has 1 fully saturated rings. The maximum atomic E-state index is 12.4. The number of benzene rings is 1. The van der Waals surface area contributed by atoms with Gasteiger partial charge in [0.2, 0.25) is 5.91 Å². The third-order valence-electron chi connectivity index (χ3n) is 4.69. The Bertz CT molecular complexity index is 562. The van der Waals surface area contributed by atoms with Crippen molar-refractivity contribution in [2.75, 3.05) is 52.4 Å².